The number of benzene rings is 1. The van der Waals surface area contributed by atoms with Gasteiger partial charge in [0, 0.05) is 28.3 Å². The summed E-state index contributed by atoms with van der Waals surface area (Å²) in [5.41, 5.74) is 1.10. The van der Waals surface area contributed by atoms with Gasteiger partial charge in [0.05, 0.1) is 4.92 Å². The fraction of sp³-hybridized carbons (Fsp3) is 0.538. The number of hydrogen-bond donors (Lipinski definition) is 1. The third-order valence-corrected chi connectivity index (χ3v) is 4.74. The Labute approximate surface area is 114 Å². The van der Waals surface area contributed by atoms with Gasteiger partial charge in [0.1, 0.15) is 0 Å². The molecule has 4 nitrogen and oxygen atoms in total. The maximum atomic E-state index is 10.7. The molecule has 0 amide bonds. The molecule has 0 radical (unpaired) electrons. The SMILES string of the molecule is O=[N+]([O-])c1ccc(NC2CCCC3CC32)c(Br)c1. The monoisotopic (exact) mass is 310 g/mol. The van der Waals surface area contributed by atoms with Crippen molar-refractivity contribution in [2.75, 3.05) is 5.32 Å². The van der Waals surface area contributed by atoms with Crippen LogP contribution in [0.4, 0.5) is 11.4 Å². The number of non-ortho nitro benzene ring substituents is 1. The van der Waals surface area contributed by atoms with Gasteiger partial charge < -0.3 is 5.32 Å². The molecule has 0 aromatic heterocycles. The summed E-state index contributed by atoms with van der Waals surface area (Å²) >= 11 is 3.41. The van der Waals surface area contributed by atoms with Crippen LogP contribution in [0.5, 0.6) is 0 Å². The van der Waals surface area contributed by atoms with Gasteiger partial charge in [-0.25, -0.2) is 0 Å². The second-order valence-electron chi connectivity index (χ2n) is 5.26. The van der Waals surface area contributed by atoms with Crippen molar-refractivity contribution in [2.45, 2.75) is 31.7 Å². The first-order valence-corrected chi connectivity index (χ1v) is 7.15. The van der Waals surface area contributed by atoms with E-state index < -0.39 is 0 Å². The molecular formula is C13H15BrN2O2. The second-order valence-corrected chi connectivity index (χ2v) is 6.12. The number of hydrogen-bond acceptors (Lipinski definition) is 3. The van der Waals surface area contributed by atoms with Crippen molar-refractivity contribution >= 4 is 27.3 Å². The van der Waals surface area contributed by atoms with Gasteiger partial charge in [0.2, 0.25) is 0 Å². The lowest BCUT2D eigenvalue weighted by Gasteiger charge is -2.24. The number of nitrogens with one attached hydrogen (secondary N) is 1. The molecular weight excluding hydrogens is 296 g/mol. The lowest BCUT2D eigenvalue weighted by molar-refractivity contribution is -0.384. The van der Waals surface area contributed by atoms with Crippen molar-refractivity contribution in [3.8, 4) is 0 Å². The van der Waals surface area contributed by atoms with Gasteiger partial charge >= 0.3 is 0 Å². The molecule has 0 spiro atoms. The van der Waals surface area contributed by atoms with E-state index in [2.05, 4.69) is 21.2 Å². The molecule has 3 rings (SSSR count). The number of fused-ring (bicyclic) bond motifs is 1. The number of nitro benzene ring substituents is 1. The molecule has 96 valence electrons. The van der Waals surface area contributed by atoms with Crippen molar-refractivity contribution in [3.05, 3.63) is 32.8 Å². The Morgan fingerprint density at radius 3 is 2.94 bits per heavy atom. The van der Waals surface area contributed by atoms with Crippen LogP contribution < -0.4 is 5.32 Å². The molecule has 2 aliphatic rings. The maximum absolute atomic E-state index is 10.7. The number of anilines is 1. The molecule has 1 aromatic carbocycles. The van der Waals surface area contributed by atoms with Crippen LogP contribution in [0.1, 0.15) is 25.7 Å². The third kappa shape index (κ3) is 2.23. The first kappa shape index (κ1) is 12.0. The van der Waals surface area contributed by atoms with E-state index in [1.54, 1.807) is 18.2 Å². The molecule has 18 heavy (non-hydrogen) atoms. The quantitative estimate of drug-likeness (QED) is 0.679. The average molecular weight is 311 g/mol. The smallest absolute Gasteiger partial charge is 0.270 e. The van der Waals surface area contributed by atoms with Crippen LogP contribution in [-0.4, -0.2) is 11.0 Å². The third-order valence-electron chi connectivity index (χ3n) is 4.09. The van der Waals surface area contributed by atoms with Crippen molar-refractivity contribution in [3.63, 3.8) is 0 Å². The highest BCUT2D eigenvalue weighted by molar-refractivity contribution is 9.10. The van der Waals surface area contributed by atoms with Gasteiger partial charge in [0.15, 0.2) is 0 Å². The van der Waals surface area contributed by atoms with E-state index >= 15 is 0 Å². The Bertz CT molecular complexity index is 492. The zero-order valence-corrected chi connectivity index (χ0v) is 11.5. The Morgan fingerprint density at radius 1 is 1.39 bits per heavy atom. The minimum atomic E-state index is -0.369. The van der Waals surface area contributed by atoms with Crippen LogP contribution in [0.3, 0.4) is 0 Å². The van der Waals surface area contributed by atoms with E-state index in [1.807, 2.05) is 0 Å². The van der Waals surface area contributed by atoms with E-state index in [0.717, 1.165) is 22.0 Å². The molecule has 3 unspecified atom stereocenters. The molecule has 0 bridgehead atoms. The summed E-state index contributed by atoms with van der Waals surface area (Å²) in [6.07, 6.45) is 5.24. The molecule has 2 saturated carbocycles. The summed E-state index contributed by atoms with van der Waals surface area (Å²) in [4.78, 5) is 10.3. The fourth-order valence-corrected chi connectivity index (χ4v) is 3.50. The molecule has 5 heteroatoms. The molecule has 0 saturated heterocycles. The van der Waals surface area contributed by atoms with E-state index in [-0.39, 0.29) is 10.6 Å². The van der Waals surface area contributed by atoms with Gasteiger partial charge in [-0.3, -0.25) is 10.1 Å². The van der Waals surface area contributed by atoms with Crippen LogP contribution in [0, 0.1) is 22.0 Å². The standard InChI is InChI=1S/C13H15BrN2O2/c14-11-7-9(16(17)18)4-5-13(11)15-12-3-1-2-8-6-10(8)12/h4-5,7-8,10,12,15H,1-3,6H2. The van der Waals surface area contributed by atoms with Crippen molar-refractivity contribution in [2.24, 2.45) is 11.8 Å². The molecule has 3 atom stereocenters. The number of nitro groups is 1. The summed E-state index contributed by atoms with van der Waals surface area (Å²) in [7, 11) is 0. The molecule has 2 fully saturated rings. The highest BCUT2D eigenvalue weighted by Crippen LogP contribution is 2.50. The Balaban J connectivity index is 1.74. The first-order chi connectivity index (χ1) is 8.65. The van der Waals surface area contributed by atoms with Crippen LogP contribution in [-0.2, 0) is 0 Å². The predicted molar refractivity (Wildman–Crippen MR) is 73.7 cm³/mol. The van der Waals surface area contributed by atoms with Crippen LogP contribution in [0.15, 0.2) is 22.7 Å². The highest BCUT2D eigenvalue weighted by Gasteiger charge is 2.45. The molecule has 0 aliphatic heterocycles. The van der Waals surface area contributed by atoms with Gasteiger partial charge in [-0.05, 0) is 46.7 Å². The van der Waals surface area contributed by atoms with Crippen LogP contribution >= 0.6 is 15.9 Å². The zero-order valence-electron chi connectivity index (χ0n) is 9.93. The average Bonchev–Trinajstić information content (AvgIpc) is 3.11. The van der Waals surface area contributed by atoms with Crippen LogP contribution in [0.25, 0.3) is 0 Å². The Kier molecular flexibility index (Phi) is 3.01. The largest absolute Gasteiger partial charge is 0.381 e. The van der Waals surface area contributed by atoms with Gasteiger partial charge in [-0.2, -0.15) is 0 Å². The number of halogens is 1. The zero-order chi connectivity index (χ0) is 12.7. The Hall–Kier alpha value is -1.10. The van der Waals surface area contributed by atoms with Crippen LogP contribution in [0.2, 0.25) is 0 Å². The minimum absolute atomic E-state index is 0.125. The lowest BCUT2D eigenvalue weighted by Crippen LogP contribution is -2.25. The molecule has 1 aromatic rings. The van der Waals surface area contributed by atoms with Crippen molar-refractivity contribution in [1.29, 1.82) is 0 Å². The summed E-state index contributed by atoms with van der Waals surface area (Å²) in [6, 6.07) is 5.46. The molecule has 1 N–H and O–H groups in total. The van der Waals surface area contributed by atoms with Gasteiger partial charge in [-0.1, -0.05) is 12.8 Å². The summed E-state index contributed by atoms with van der Waals surface area (Å²) in [5, 5.41) is 14.2. The normalized spacial score (nSPS) is 29.5. The van der Waals surface area contributed by atoms with Gasteiger partial charge in [0.25, 0.3) is 5.69 Å². The summed E-state index contributed by atoms with van der Waals surface area (Å²) in [5.74, 6) is 1.74. The van der Waals surface area contributed by atoms with E-state index in [0.29, 0.717) is 6.04 Å². The maximum Gasteiger partial charge on any atom is 0.270 e. The first-order valence-electron chi connectivity index (χ1n) is 6.35. The molecule has 2 aliphatic carbocycles. The van der Waals surface area contributed by atoms with Crippen molar-refractivity contribution < 1.29 is 4.92 Å². The predicted octanol–water partition coefficient (Wildman–Crippen LogP) is 3.96. The number of nitrogens with zero attached hydrogens (tertiary/aromatic N) is 1. The summed E-state index contributed by atoms with van der Waals surface area (Å²) in [6.45, 7) is 0. The highest BCUT2D eigenvalue weighted by atomic mass is 79.9. The van der Waals surface area contributed by atoms with Crippen molar-refractivity contribution in [1.82, 2.24) is 0 Å². The van der Waals surface area contributed by atoms with E-state index in [1.165, 1.54) is 25.7 Å². The van der Waals surface area contributed by atoms with E-state index in [9.17, 15) is 10.1 Å². The topological polar surface area (TPSA) is 55.2 Å². The fourth-order valence-electron chi connectivity index (χ4n) is 3.02. The second kappa shape index (κ2) is 4.53. The summed E-state index contributed by atoms with van der Waals surface area (Å²) < 4.78 is 0.777. The molecule has 0 heterocycles. The Morgan fingerprint density at radius 2 is 2.22 bits per heavy atom. The van der Waals surface area contributed by atoms with E-state index in [4.69, 9.17) is 0 Å². The number of rotatable bonds is 3. The minimum Gasteiger partial charge on any atom is -0.381 e. The lowest BCUT2D eigenvalue weighted by atomic mass is 9.95. The van der Waals surface area contributed by atoms with Gasteiger partial charge in [-0.15, -0.1) is 0 Å².